The summed E-state index contributed by atoms with van der Waals surface area (Å²) in [7, 11) is 0. The van der Waals surface area contributed by atoms with Crippen molar-refractivity contribution in [2.75, 3.05) is 13.1 Å². The molecule has 1 N–H and O–H groups in total. The molecule has 4 heteroatoms. The van der Waals surface area contributed by atoms with E-state index in [0.717, 1.165) is 19.3 Å². The van der Waals surface area contributed by atoms with Gasteiger partial charge in [0, 0.05) is 13.1 Å². The number of hydrogen-bond acceptors (Lipinski definition) is 2. The molecule has 3 rings (SSSR count). The molecule has 0 bridgehead atoms. The fraction of sp³-hybridized carbons (Fsp3) is 0.368. The maximum absolute atomic E-state index is 12.2. The number of piperazine rings is 1. The van der Waals surface area contributed by atoms with Crippen molar-refractivity contribution in [1.82, 2.24) is 10.2 Å². The summed E-state index contributed by atoms with van der Waals surface area (Å²) in [5.41, 5.74) is 1.22. The van der Waals surface area contributed by atoms with Crippen molar-refractivity contribution in [3.05, 3.63) is 48.0 Å². The third-order valence-corrected chi connectivity index (χ3v) is 4.48. The van der Waals surface area contributed by atoms with E-state index < -0.39 is 11.8 Å². The van der Waals surface area contributed by atoms with E-state index in [0.29, 0.717) is 13.1 Å². The van der Waals surface area contributed by atoms with Gasteiger partial charge in [-0.25, -0.2) is 0 Å². The highest BCUT2D eigenvalue weighted by atomic mass is 16.2. The van der Waals surface area contributed by atoms with Gasteiger partial charge in [-0.2, -0.15) is 0 Å². The van der Waals surface area contributed by atoms with Crippen molar-refractivity contribution in [3.63, 3.8) is 0 Å². The van der Waals surface area contributed by atoms with Gasteiger partial charge >= 0.3 is 11.8 Å². The first-order valence-electron chi connectivity index (χ1n) is 8.26. The van der Waals surface area contributed by atoms with Crippen molar-refractivity contribution in [2.24, 2.45) is 0 Å². The van der Waals surface area contributed by atoms with Gasteiger partial charge in [-0.05, 0) is 29.2 Å². The summed E-state index contributed by atoms with van der Waals surface area (Å²) in [4.78, 5) is 25.6. The molecule has 0 spiro atoms. The molecule has 1 aliphatic rings. The van der Waals surface area contributed by atoms with Crippen LogP contribution < -0.4 is 5.32 Å². The lowest BCUT2D eigenvalue weighted by atomic mass is 9.97. The summed E-state index contributed by atoms with van der Waals surface area (Å²) < 4.78 is 0. The zero-order valence-electron chi connectivity index (χ0n) is 13.4. The molecule has 0 aromatic heterocycles. The Morgan fingerprint density at radius 1 is 1.13 bits per heavy atom. The summed E-state index contributed by atoms with van der Waals surface area (Å²) >= 11 is 0. The maximum atomic E-state index is 12.2. The normalized spacial score (nSPS) is 18.3. The first kappa shape index (κ1) is 15.5. The van der Waals surface area contributed by atoms with E-state index in [4.69, 9.17) is 0 Å². The second-order valence-corrected chi connectivity index (χ2v) is 6.06. The van der Waals surface area contributed by atoms with Gasteiger partial charge in [-0.1, -0.05) is 55.8 Å². The molecule has 4 nitrogen and oxygen atoms in total. The third kappa shape index (κ3) is 3.21. The molecule has 0 unspecified atom stereocenters. The number of rotatable bonds is 5. The quantitative estimate of drug-likeness (QED) is 0.863. The van der Waals surface area contributed by atoms with Crippen molar-refractivity contribution in [1.29, 1.82) is 0 Å². The van der Waals surface area contributed by atoms with E-state index in [-0.39, 0.29) is 6.04 Å². The third-order valence-electron chi connectivity index (χ3n) is 4.48. The average molecular weight is 310 g/mol. The van der Waals surface area contributed by atoms with Crippen LogP contribution in [0.5, 0.6) is 0 Å². The fourth-order valence-corrected chi connectivity index (χ4v) is 3.21. The lowest BCUT2D eigenvalue weighted by Gasteiger charge is -2.35. The van der Waals surface area contributed by atoms with Crippen LogP contribution >= 0.6 is 0 Å². The summed E-state index contributed by atoms with van der Waals surface area (Å²) in [6.07, 6.45) is 2.69. The molecule has 1 fully saturated rings. The number of hydrogen-bond donors (Lipinski definition) is 1. The van der Waals surface area contributed by atoms with Gasteiger partial charge in [0.05, 0.1) is 6.04 Å². The monoisotopic (exact) mass is 310 g/mol. The molecule has 1 atom stereocenters. The SMILES string of the molecule is CCCCN1C(=O)C(=O)NC[C@H]1Cc1cccc2ccccc12. The van der Waals surface area contributed by atoms with Gasteiger partial charge in [0.15, 0.2) is 0 Å². The molecule has 1 saturated heterocycles. The molecular weight excluding hydrogens is 288 g/mol. The Morgan fingerprint density at radius 2 is 1.91 bits per heavy atom. The molecule has 1 heterocycles. The number of benzene rings is 2. The van der Waals surface area contributed by atoms with Crippen LogP contribution in [0.25, 0.3) is 10.8 Å². The molecule has 23 heavy (non-hydrogen) atoms. The Balaban J connectivity index is 1.86. The minimum Gasteiger partial charge on any atom is -0.346 e. The van der Waals surface area contributed by atoms with Gasteiger partial charge in [0.2, 0.25) is 0 Å². The van der Waals surface area contributed by atoms with E-state index in [1.54, 1.807) is 4.90 Å². The van der Waals surface area contributed by atoms with Crippen LogP contribution in [0, 0.1) is 0 Å². The largest absolute Gasteiger partial charge is 0.346 e. The molecular formula is C19H22N2O2. The van der Waals surface area contributed by atoms with Crippen molar-refractivity contribution >= 4 is 22.6 Å². The minimum atomic E-state index is -0.477. The number of amides is 2. The van der Waals surface area contributed by atoms with Crippen molar-refractivity contribution in [2.45, 2.75) is 32.2 Å². The van der Waals surface area contributed by atoms with Gasteiger partial charge in [0.25, 0.3) is 0 Å². The van der Waals surface area contributed by atoms with Crippen LogP contribution in [0.1, 0.15) is 25.3 Å². The highest BCUT2D eigenvalue weighted by Crippen LogP contribution is 2.22. The summed E-state index contributed by atoms with van der Waals surface area (Å²) in [5.74, 6) is -0.870. The lowest BCUT2D eigenvalue weighted by molar-refractivity contribution is -0.150. The lowest BCUT2D eigenvalue weighted by Crippen LogP contribution is -2.58. The number of unbranched alkanes of at least 4 members (excludes halogenated alkanes) is 1. The smallest absolute Gasteiger partial charge is 0.312 e. The summed E-state index contributed by atoms with van der Waals surface area (Å²) in [5, 5.41) is 5.15. The number of nitrogens with one attached hydrogen (secondary N) is 1. The van der Waals surface area contributed by atoms with Gasteiger partial charge in [-0.15, -0.1) is 0 Å². The molecule has 2 aromatic carbocycles. The van der Waals surface area contributed by atoms with Gasteiger partial charge in [-0.3, -0.25) is 9.59 Å². The number of carbonyl (C=O) groups excluding carboxylic acids is 2. The second kappa shape index (κ2) is 6.82. The predicted octanol–water partition coefficient (Wildman–Crippen LogP) is 2.51. The maximum Gasteiger partial charge on any atom is 0.312 e. The van der Waals surface area contributed by atoms with Crippen LogP contribution in [-0.4, -0.2) is 35.8 Å². The van der Waals surface area contributed by atoms with E-state index in [2.05, 4.69) is 42.6 Å². The highest BCUT2D eigenvalue weighted by Gasteiger charge is 2.33. The number of fused-ring (bicyclic) bond motifs is 1. The average Bonchev–Trinajstić information content (AvgIpc) is 2.58. The van der Waals surface area contributed by atoms with E-state index in [1.807, 2.05) is 12.1 Å². The van der Waals surface area contributed by atoms with Crippen LogP contribution in [0.3, 0.4) is 0 Å². The molecule has 0 saturated carbocycles. The Hall–Kier alpha value is -2.36. The van der Waals surface area contributed by atoms with Crippen molar-refractivity contribution in [3.8, 4) is 0 Å². The zero-order valence-corrected chi connectivity index (χ0v) is 13.4. The Labute approximate surface area is 136 Å². The molecule has 0 aliphatic carbocycles. The molecule has 2 aromatic rings. The summed E-state index contributed by atoms with van der Waals surface area (Å²) in [6.45, 7) is 3.27. The van der Waals surface area contributed by atoms with Crippen LogP contribution in [-0.2, 0) is 16.0 Å². The predicted molar refractivity (Wildman–Crippen MR) is 91.1 cm³/mol. The van der Waals surface area contributed by atoms with Crippen molar-refractivity contribution < 1.29 is 9.59 Å². The van der Waals surface area contributed by atoms with E-state index in [9.17, 15) is 9.59 Å². The van der Waals surface area contributed by atoms with E-state index in [1.165, 1.54) is 16.3 Å². The number of carbonyl (C=O) groups is 2. The van der Waals surface area contributed by atoms with Crippen LogP contribution in [0.15, 0.2) is 42.5 Å². The number of nitrogens with zero attached hydrogens (tertiary/aromatic N) is 1. The molecule has 2 amide bonds. The Morgan fingerprint density at radius 3 is 2.74 bits per heavy atom. The molecule has 1 aliphatic heterocycles. The first-order valence-corrected chi connectivity index (χ1v) is 8.26. The Bertz CT molecular complexity index is 721. The fourth-order valence-electron chi connectivity index (χ4n) is 3.21. The second-order valence-electron chi connectivity index (χ2n) is 6.06. The molecule has 0 radical (unpaired) electrons. The topological polar surface area (TPSA) is 49.4 Å². The minimum absolute atomic E-state index is 0.0255. The highest BCUT2D eigenvalue weighted by molar-refractivity contribution is 6.35. The van der Waals surface area contributed by atoms with Crippen LogP contribution in [0.4, 0.5) is 0 Å². The first-order chi connectivity index (χ1) is 11.2. The van der Waals surface area contributed by atoms with E-state index >= 15 is 0 Å². The van der Waals surface area contributed by atoms with Gasteiger partial charge < -0.3 is 10.2 Å². The summed E-state index contributed by atoms with van der Waals surface area (Å²) in [6, 6.07) is 14.6. The standard InChI is InChI=1S/C19H22N2O2/c1-2-3-11-21-16(13-20-18(22)19(21)23)12-15-9-6-8-14-7-4-5-10-17(14)15/h4-10,16H,2-3,11-13H2,1H3,(H,20,22)/t16-/m1/s1. The zero-order chi connectivity index (χ0) is 16.2. The Kier molecular flexibility index (Phi) is 4.60. The van der Waals surface area contributed by atoms with Crippen LogP contribution in [0.2, 0.25) is 0 Å². The molecule has 120 valence electrons. The van der Waals surface area contributed by atoms with Gasteiger partial charge in [0.1, 0.15) is 0 Å².